The summed E-state index contributed by atoms with van der Waals surface area (Å²) in [5.74, 6) is 0.605. The molecule has 1 saturated heterocycles. The first-order valence-corrected chi connectivity index (χ1v) is 12.3. The van der Waals surface area contributed by atoms with Crippen molar-refractivity contribution in [2.45, 2.75) is 52.0 Å². The lowest BCUT2D eigenvalue weighted by Gasteiger charge is -2.32. The monoisotopic (exact) mass is 461 g/mol. The molecule has 1 unspecified atom stereocenters. The van der Waals surface area contributed by atoms with Crippen LogP contribution in [0.1, 0.15) is 62.5 Å². The fraction of sp³-hybridized carbons (Fsp3) is 0.481. The van der Waals surface area contributed by atoms with Crippen LogP contribution in [0.5, 0.6) is 0 Å². The van der Waals surface area contributed by atoms with Gasteiger partial charge in [0.05, 0.1) is 13.2 Å². The highest BCUT2D eigenvalue weighted by atomic mass is 16.5. The molecule has 1 aliphatic heterocycles. The number of carbonyl (C=O) groups is 1. The summed E-state index contributed by atoms with van der Waals surface area (Å²) in [6.07, 6.45) is 2.47. The van der Waals surface area contributed by atoms with Gasteiger partial charge in [0.15, 0.2) is 5.82 Å². The zero-order valence-electron chi connectivity index (χ0n) is 20.4. The quantitative estimate of drug-likeness (QED) is 0.475. The van der Waals surface area contributed by atoms with Crippen molar-refractivity contribution in [1.82, 2.24) is 25.5 Å². The van der Waals surface area contributed by atoms with Gasteiger partial charge in [-0.1, -0.05) is 67.1 Å². The Bertz CT molecular complexity index is 1030. The van der Waals surface area contributed by atoms with E-state index in [1.807, 2.05) is 0 Å². The van der Waals surface area contributed by atoms with Crippen LogP contribution in [0.4, 0.5) is 0 Å². The summed E-state index contributed by atoms with van der Waals surface area (Å²) in [6, 6.07) is 17.9. The largest absolute Gasteiger partial charge is 0.379 e. The fourth-order valence-corrected chi connectivity index (χ4v) is 4.96. The molecule has 1 N–H and O–H groups in total. The van der Waals surface area contributed by atoms with Crippen LogP contribution in [0, 0.1) is 5.92 Å². The summed E-state index contributed by atoms with van der Waals surface area (Å²) in [7, 11) is 0. The Morgan fingerprint density at radius 3 is 2.26 bits per heavy atom. The fourth-order valence-electron chi connectivity index (χ4n) is 4.96. The van der Waals surface area contributed by atoms with Crippen LogP contribution in [0.3, 0.4) is 0 Å². The lowest BCUT2D eigenvalue weighted by molar-refractivity contribution is -0.121. The van der Waals surface area contributed by atoms with Gasteiger partial charge in [0.1, 0.15) is 5.78 Å². The molecule has 0 aliphatic carbocycles. The third-order valence-electron chi connectivity index (χ3n) is 7.03. The first kappa shape index (κ1) is 24.2. The number of nitrogens with one attached hydrogen (secondary N) is 1. The average molecular weight is 462 g/mol. The molecule has 3 atom stereocenters. The number of tetrazole rings is 1. The van der Waals surface area contributed by atoms with Crippen LogP contribution in [-0.2, 0) is 16.0 Å². The second-order valence-electron chi connectivity index (χ2n) is 9.23. The molecular weight excluding hydrogens is 426 g/mol. The summed E-state index contributed by atoms with van der Waals surface area (Å²) in [5, 5.41) is 14.7. The standard InChI is InChI=1S/C27H35N5O2/c1-4-5-25(20(3)33)26(27-28-30-31-29-27)18-21-6-8-23(9-7-21)24-12-10-22(11-13-24)19(2)32-14-16-34-17-15-32/h6-13,19,25-26H,4-5,14-18H2,1-3H3,(H,28,29,30,31)/t19?,25-,26+/m1/s1. The van der Waals surface area contributed by atoms with Crippen molar-refractivity contribution in [2.24, 2.45) is 5.92 Å². The molecule has 4 rings (SSSR count). The van der Waals surface area contributed by atoms with E-state index in [4.69, 9.17) is 4.74 Å². The Balaban J connectivity index is 1.47. The van der Waals surface area contributed by atoms with Gasteiger partial charge < -0.3 is 4.74 Å². The predicted molar refractivity (Wildman–Crippen MR) is 132 cm³/mol. The highest BCUT2D eigenvalue weighted by Crippen LogP contribution is 2.31. The van der Waals surface area contributed by atoms with Crippen LogP contribution in [0.15, 0.2) is 48.5 Å². The zero-order chi connectivity index (χ0) is 23.9. The van der Waals surface area contributed by atoms with Gasteiger partial charge in [0.25, 0.3) is 0 Å². The molecule has 0 bridgehead atoms. The second-order valence-corrected chi connectivity index (χ2v) is 9.23. The number of carbonyl (C=O) groups excluding carboxylic acids is 1. The number of benzene rings is 2. The minimum Gasteiger partial charge on any atom is -0.379 e. The Morgan fingerprint density at radius 2 is 1.71 bits per heavy atom. The lowest BCUT2D eigenvalue weighted by Crippen LogP contribution is -2.37. The molecule has 2 aromatic carbocycles. The highest BCUT2D eigenvalue weighted by Gasteiger charge is 2.29. The summed E-state index contributed by atoms with van der Waals surface area (Å²) >= 11 is 0. The Labute approximate surface area is 201 Å². The highest BCUT2D eigenvalue weighted by molar-refractivity contribution is 5.79. The van der Waals surface area contributed by atoms with Gasteiger partial charge >= 0.3 is 0 Å². The summed E-state index contributed by atoms with van der Waals surface area (Å²) in [4.78, 5) is 14.9. The smallest absolute Gasteiger partial charge is 0.178 e. The zero-order valence-corrected chi connectivity index (χ0v) is 20.4. The van der Waals surface area contributed by atoms with E-state index in [2.05, 4.69) is 87.9 Å². The van der Waals surface area contributed by atoms with Crippen molar-refractivity contribution < 1.29 is 9.53 Å². The summed E-state index contributed by atoms with van der Waals surface area (Å²) < 4.78 is 5.48. The third kappa shape index (κ3) is 5.77. The molecule has 180 valence electrons. The van der Waals surface area contributed by atoms with Crippen LogP contribution in [-0.4, -0.2) is 57.6 Å². The lowest BCUT2D eigenvalue weighted by atomic mass is 9.81. The molecule has 1 fully saturated rings. The molecule has 7 heteroatoms. The van der Waals surface area contributed by atoms with Crippen molar-refractivity contribution in [3.05, 3.63) is 65.5 Å². The van der Waals surface area contributed by atoms with Crippen LogP contribution in [0.25, 0.3) is 11.1 Å². The second kappa shape index (κ2) is 11.5. The number of ketones is 1. The van der Waals surface area contributed by atoms with Gasteiger partial charge in [-0.2, -0.15) is 5.21 Å². The molecule has 7 nitrogen and oxygen atoms in total. The van der Waals surface area contributed by atoms with Crippen molar-refractivity contribution in [3.63, 3.8) is 0 Å². The van der Waals surface area contributed by atoms with E-state index in [0.717, 1.165) is 39.1 Å². The Kier molecular flexibility index (Phi) is 8.19. The van der Waals surface area contributed by atoms with Crippen LogP contribution < -0.4 is 0 Å². The SMILES string of the molecule is CCC[C@H](C(C)=O)[C@H](Cc1ccc(-c2ccc(C(C)N3CCOCC3)cc2)cc1)c1nn[nH]n1. The van der Waals surface area contributed by atoms with E-state index in [1.165, 1.54) is 22.3 Å². The number of hydrogen-bond donors (Lipinski definition) is 1. The van der Waals surface area contributed by atoms with E-state index in [9.17, 15) is 4.79 Å². The van der Waals surface area contributed by atoms with Crippen LogP contribution in [0.2, 0.25) is 0 Å². The molecular formula is C27H35N5O2. The van der Waals surface area contributed by atoms with Gasteiger partial charge in [-0.3, -0.25) is 9.69 Å². The van der Waals surface area contributed by atoms with E-state index >= 15 is 0 Å². The maximum absolute atomic E-state index is 12.4. The summed E-state index contributed by atoms with van der Waals surface area (Å²) in [5.41, 5.74) is 4.88. The van der Waals surface area contributed by atoms with Crippen LogP contribution >= 0.6 is 0 Å². The molecule has 34 heavy (non-hydrogen) atoms. The Morgan fingerprint density at radius 1 is 1.06 bits per heavy atom. The van der Waals surface area contributed by atoms with Gasteiger partial charge in [-0.25, -0.2) is 0 Å². The molecule has 2 heterocycles. The van der Waals surface area contributed by atoms with E-state index < -0.39 is 0 Å². The molecule has 0 saturated carbocycles. The summed E-state index contributed by atoms with van der Waals surface area (Å²) in [6.45, 7) is 9.63. The number of morpholine rings is 1. The van der Waals surface area contributed by atoms with Crippen molar-refractivity contribution in [3.8, 4) is 11.1 Å². The van der Waals surface area contributed by atoms with Gasteiger partial charge in [0, 0.05) is 31.0 Å². The number of Topliss-reactive ketones (excluding diaryl/α,β-unsaturated/α-hetero) is 1. The maximum Gasteiger partial charge on any atom is 0.178 e. The number of H-pyrrole nitrogens is 1. The van der Waals surface area contributed by atoms with Crippen molar-refractivity contribution in [1.29, 1.82) is 0 Å². The number of aromatic nitrogens is 4. The number of ether oxygens (including phenoxy) is 1. The molecule has 1 aliphatic rings. The minimum atomic E-state index is -0.108. The number of aromatic amines is 1. The third-order valence-corrected chi connectivity index (χ3v) is 7.03. The van der Waals surface area contributed by atoms with Crippen molar-refractivity contribution >= 4 is 5.78 Å². The molecule has 3 aromatic rings. The normalized spacial score (nSPS) is 17.3. The number of hydrogen-bond acceptors (Lipinski definition) is 6. The predicted octanol–water partition coefficient (Wildman–Crippen LogP) is 4.59. The topological polar surface area (TPSA) is 84.0 Å². The number of nitrogens with zero attached hydrogens (tertiary/aromatic N) is 4. The van der Waals surface area contributed by atoms with Gasteiger partial charge in [-0.15, -0.1) is 10.2 Å². The van der Waals surface area contributed by atoms with Gasteiger partial charge in [-0.05, 0) is 48.9 Å². The van der Waals surface area contributed by atoms with Gasteiger partial charge in [0.2, 0.25) is 0 Å². The molecule has 0 amide bonds. The van der Waals surface area contributed by atoms with Crippen molar-refractivity contribution in [2.75, 3.05) is 26.3 Å². The van der Waals surface area contributed by atoms with E-state index in [1.54, 1.807) is 6.92 Å². The molecule has 0 spiro atoms. The minimum absolute atomic E-state index is 0.0805. The number of rotatable bonds is 10. The Hall–Kier alpha value is -2.90. The first-order valence-electron chi connectivity index (χ1n) is 12.3. The van der Waals surface area contributed by atoms with E-state index in [0.29, 0.717) is 18.3 Å². The molecule has 0 radical (unpaired) electrons. The van der Waals surface area contributed by atoms with E-state index in [-0.39, 0.29) is 17.6 Å². The molecule has 1 aromatic heterocycles. The average Bonchev–Trinajstić information content (AvgIpc) is 3.41. The first-order chi connectivity index (χ1) is 16.6. The maximum atomic E-state index is 12.4.